The number of halogens is 1. The summed E-state index contributed by atoms with van der Waals surface area (Å²) in [5, 5.41) is 0. The summed E-state index contributed by atoms with van der Waals surface area (Å²) in [6.07, 6.45) is 9.00. The Balaban J connectivity index is 0. The molecule has 0 saturated heterocycles. The van der Waals surface area contributed by atoms with Crippen molar-refractivity contribution in [2.45, 2.75) is 64.8 Å². The molecular weight excluding hydrogens is 214 g/mol. The normalized spacial score (nSPS) is 12.2. The van der Waals surface area contributed by atoms with Gasteiger partial charge in [0.05, 0.1) is 0 Å². The van der Waals surface area contributed by atoms with Crippen LogP contribution in [0.5, 0.6) is 0 Å². The van der Waals surface area contributed by atoms with E-state index in [9.17, 15) is 0 Å². The van der Waals surface area contributed by atoms with Gasteiger partial charge in [-0.15, -0.1) is 17.0 Å². The molecule has 1 nitrogen and oxygen atoms in total. The molecule has 0 aliphatic rings. The zero-order chi connectivity index (χ0) is 8.53. The van der Waals surface area contributed by atoms with E-state index in [4.69, 9.17) is 5.73 Å². The molecule has 0 rings (SSSR count). The van der Waals surface area contributed by atoms with Crippen LogP contribution in [0.25, 0.3) is 0 Å². The first kappa shape index (κ1) is 14.9. The maximum absolute atomic E-state index is 5.90. The summed E-state index contributed by atoms with van der Waals surface area (Å²) >= 11 is 0. The summed E-state index contributed by atoms with van der Waals surface area (Å²) in [5.41, 5.74) is 5.90. The number of rotatable bonds is 7. The van der Waals surface area contributed by atoms with Gasteiger partial charge in [-0.1, -0.05) is 46.0 Å². The van der Waals surface area contributed by atoms with Crippen LogP contribution in [-0.2, 0) is 0 Å². The van der Waals surface area contributed by atoms with Crippen LogP contribution in [-0.4, -0.2) is 6.04 Å². The molecule has 1 atom stereocenters. The number of hydrogen-bond donors (Lipinski definition) is 1. The average molecular weight is 238 g/mol. The molecule has 0 amide bonds. The fraction of sp³-hybridized carbons (Fsp3) is 1.00. The average Bonchev–Trinajstić information content (AvgIpc) is 2.01. The predicted octanol–water partition coefficient (Wildman–Crippen LogP) is 3.66. The van der Waals surface area contributed by atoms with Gasteiger partial charge in [0.1, 0.15) is 0 Å². The van der Waals surface area contributed by atoms with E-state index in [-0.39, 0.29) is 17.0 Å². The third-order valence-electron chi connectivity index (χ3n) is 2.11. The van der Waals surface area contributed by atoms with Gasteiger partial charge in [-0.3, -0.25) is 0 Å². The van der Waals surface area contributed by atoms with E-state index in [0.29, 0.717) is 6.04 Å². The van der Waals surface area contributed by atoms with Crippen LogP contribution >= 0.6 is 17.0 Å². The van der Waals surface area contributed by atoms with Gasteiger partial charge in [-0.2, -0.15) is 0 Å². The Morgan fingerprint density at radius 2 is 1.42 bits per heavy atom. The lowest BCUT2D eigenvalue weighted by molar-refractivity contribution is 0.510. The highest BCUT2D eigenvalue weighted by atomic mass is 79.9. The van der Waals surface area contributed by atoms with Crippen molar-refractivity contribution in [3.05, 3.63) is 0 Å². The van der Waals surface area contributed by atoms with Crippen molar-refractivity contribution < 1.29 is 0 Å². The Morgan fingerprint density at radius 1 is 0.917 bits per heavy atom. The van der Waals surface area contributed by atoms with Gasteiger partial charge in [-0.25, -0.2) is 0 Å². The van der Waals surface area contributed by atoms with E-state index >= 15 is 0 Å². The van der Waals surface area contributed by atoms with Crippen LogP contribution in [0.4, 0.5) is 0 Å². The molecule has 0 aromatic heterocycles. The summed E-state index contributed by atoms with van der Waals surface area (Å²) in [4.78, 5) is 0. The van der Waals surface area contributed by atoms with E-state index in [0.717, 1.165) is 0 Å². The molecule has 0 radical (unpaired) electrons. The highest BCUT2D eigenvalue weighted by Crippen LogP contribution is 2.07. The molecule has 1 unspecified atom stereocenters. The molecule has 0 aliphatic carbocycles. The highest BCUT2D eigenvalue weighted by Gasteiger charge is 1.99. The van der Waals surface area contributed by atoms with Crippen LogP contribution < -0.4 is 5.73 Å². The first-order valence-electron chi connectivity index (χ1n) is 5.06. The second kappa shape index (κ2) is 11.4. The van der Waals surface area contributed by atoms with Crippen LogP contribution in [0.2, 0.25) is 0 Å². The molecule has 0 bridgehead atoms. The van der Waals surface area contributed by atoms with Crippen molar-refractivity contribution in [2.75, 3.05) is 0 Å². The molecule has 2 N–H and O–H groups in total. The molecule has 12 heavy (non-hydrogen) atoms. The molecule has 0 spiro atoms. The summed E-state index contributed by atoms with van der Waals surface area (Å²) in [7, 11) is 0. The minimum atomic E-state index is 0. The molecule has 0 aromatic carbocycles. The molecule has 76 valence electrons. The molecule has 0 aliphatic heterocycles. The van der Waals surface area contributed by atoms with Gasteiger partial charge in [0.15, 0.2) is 0 Å². The van der Waals surface area contributed by atoms with Crippen LogP contribution in [0.3, 0.4) is 0 Å². The minimum Gasteiger partial charge on any atom is -0.328 e. The number of hydrogen-bond acceptors (Lipinski definition) is 1. The van der Waals surface area contributed by atoms with Gasteiger partial charge in [-0.05, 0) is 12.8 Å². The van der Waals surface area contributed by atoms with Crippen LogP contribution in [0.15, 0.2) is 0 Å². The van der Waals surface area contributed by atoms with Crippen molar-refractivity contribution in [1.82, 2.24) is 0 Å². The van der Waals surface area contributed by atoms with E-state index in [1.54, 1.807) is 0 Å². The molecule has 0 heterocycles. The SMILES string of the molecule is Br.CCCCCC(N)CCCC. The Morgan fingerprint density at radius 3 is 1.92 bits per heavy atom. The van der Waals surface area contributed by atoms with Crippen molar-refractivity contribution >= 4 is 17.0 Å². The molecule has 0 fully saturated rings. The number of unbranched alkanes of at least 4 members (excludes halogenated alkanes) is 3. The van der Waals surface area contributed by atoms with Gasteiger partial charge in [0.25, 0.3) is 0 Å². The summed E-state index contributed by atoms with van der Waals surface area (Å²) < 4.78 is 0. The quantitative estimate of drug-likeness (QED) is 0.673. The summed E-state index contributed by atoms with van der Waals surface area (Å²) in [5.74, 6) is 0. The molecular formula is C10H24BrN. The molecule has 0 aromatic rings. The van der Waals surface area contributed by atoms with Gasteiger partial charge < -0.3 is 5.73 Å². The van der Waals surface area contributed by atoms with E-state index in [1.165, 1.54) is 44.9 Å². The standard InChI is InChI=1S/C10H23N.BrH/c1-3-5-7-9-10(11)8-6-4-2;/h10H,3-9,11H2,1-2H3;1H. The second-order valence-electron chi connectivity index (χ2n) is 3.40. The van der Waals surface area contributed by atoms with Crippen molar-refractivity contribution in [2.24, 2.45) is 5.73 Å². The Hall–Kier alpha value is 0.440. The fourth-order valence-electron chi connectivity index (χ4n) is 1.27. The van der Waals surface area contributed by atoms with Crippen molar-refractivity contribution in [3.8, 4) is 0 Å². The topological polar surface area (TPSA) is 26.0 Å². The zero-order valence-electron chi connectivity index (χ0n) is 8.51. The maximum Gasteiger partial charge on any atom is 0.00388 e. The lowest BCUT2D eigenvalue weighted by atomic mass is 10.0. The fourth-order valence-corrected chi connectivity index (χ4v) is 1.27. The van der Waals surface area contributed by atoms with E-state index in [2.05, 4.69) is 13.8 Å². The Labute approximate surface area is 87.9 Å². The van der Waals surface area contributed by atoms with Gasteiger partial charge in [0, 0.05) is 6.04 Å². The lowest BCUT2D eigenvalue weighted by Crippen LogP contribution is -2.19. The minimum absolute atomic E-state index is 0. The van der Waals surface area contributed by atoms with Crippen LogP contribution in [0.1, 0.15) is 58.8 Å². The number of nitrogens with two attached hydrogens (primary N) is 1. The van der Waals surface area contributed by atoms with Crippen molar-refractivity contribution in [3.63, 3.8) is 0 Å². The van der Waals surface area contributed by atoms with Gasteiger partial charge >= 0.3 is 0 Å². The van der Waals surface area contributed by atoms with Gasteiger partial charge in [0.2, 0.25) is 0 Å². The first-order chi connectivity index (χ1) is 5.31. The predicted molar refractivity (Wildman–Crippen MR) is 62.0 cm³/mol. The Kier molecular flexibility index (Phi) is 14.2. The van der Waals surface area contributed by atoms with E-state index in [1.807, 2.05) is 0 Å². The smallest absolute Gasteiger partial charge is 0.00388 e. The lowest BCUT2D eigenvalue weighted by Gasteiger charge is -2.09. The zero-order valence-corrected chi connectivity index (χ0v) is 10.2. The second-order valence-corrected chi connectivity index (χ2v) is 3.40. The Bertz CT molecular complexity index is 76.2. The monoisotopic (exact) mass is 237 g/mol. The third kappa shape index (κ3) is 10.4. The van der Waals surface area contributed by atoms with Crippen molar-refractivity contribution in [1.29, 1.82) is 0 Å². The summed E-state index contributed by atoms with van der Waals surface area (Å²) in [6, 6.07) is 0.474. The maximum atomic E-state index is 5.90. The van der Waals surface area contributed by atoms with Crippen LogP contribution in [0, 0.1) is 0 Å². The van der Waals surface area contributed by atoms with E-state index < -0.39 is 0 Å². The first-order valence-corrected chi connectivity index (χ1v) is 5.06. The third-order valence-corrected chi connectivity index (χ3v) is 2.11. The molecule has 2 heteroatoms. The summed E-state index contributed by atoms with van der Waals surface area (Å²) in [6.45, 7) is 4.45. The highest BCUT2D eigenvalue weighted by molar-refractivity contribution is 8.93. The molecule has 0 saturated carbocycles. The largest absolute Gasteiger partial charge is 0.328 e.